The average molecular weight is 449 g/mol. The summed E-state index contributed by atoms with van der Waals surface area (Å²) in [4.78, 5) is 31.7. The van der Waals surface area contributed by atoms with Crippen LogP contribution >= 0.6 is 0 Å². The monoisotopic (exact) mass is 448 g/mol. The molecule has 1 aromatic heterocycles. The normalized spacial score (nSPS) is 14.7. The molecule has 0 bridgehead atoms. The molecule has 8 heteroatoms. The SMILES string of the molecule is CCOC(=O)c1ccccc1NC(=O)C1CCN(Cc2nc(-c3cccc(C)c3)no2)CC1. The van der Waals surface area contributed by atoms with E-state index in [1.165, 1.54) is 0 Å². The van der Waals surface area contributed by atoms with Crippen LogP contribution in [0.2, 0.25) is 0 Å². The molecule has 33 heavy (non-hydrogen) atoms. The Morgan fingerprint density at radius 3 is 2.70 bits per heavy atom. The van der Waals surface area contributed by atoms with Crippen molar-refractivity contribution < 1.29 is 18.8 Å². The number of hydrogen-bond acceptors (Lipinski definition) is 7. The topological polar surface area (TPSA) is 97.6 Å². The second-order valence-corrected chi connectivity index (χ2v) is 8.19. The quantitative estimate of drug-likeness (QED) is 0.544. The number of hydrogen-bond donors (Lipinski definition) is 1. The molecule has 3 aromatic rings. The zero-order valence-electron chi connectivity index (χ0n) is 18.9. The van der Waals surface area contributed by atoms with Gasteiger partial charge in [0.1, 0.15) is 0 Å². The molecule has 1 fully saturated rings. The van der Waals surface area contributed by atoms with Crippen LogP contribution in [0.4, 0.5) is 5.69 Å². The molecule has 0 radical (unpaired) electrons. The zero-order valence-corrected chi connectivity index (χ0v) is 18.9. The molecule has 4 rings (SSSR count). The van der Waals surface area contributed by atoms with Crippen LogP contribution in [0.15, 0.2) is 53.1 Å². The third kappa shape index (κ3) is 5.64. The number of ether oxygens (including phenoxy) is 1. The highest BCUT2D eigenvalue weighted by Crippen LogP contribution is 2.23. The van der Waals surface area contributed by atoms with Gasteiger partial charge in [-0.3, -0.25) is 9.69 Å². The third-order valence-electron chi connectivity index (χ3n) is 5.74. The summed E-state index contributed by atoms with van der Waals surface area (Å²) in [6, 6.07) is 14.9. The van der Waals surface area contributed by atoms with Crippen LogP contribution in [0.5, 0.6) is 0 Å². The molecular formula is C25H28N4O4. The molecule has 1 N–H and O–H groups in total. The molecule has 8 nitrogen and oxygen atoms in total. The van der Waals surface area contributed by atoms with E-state index >= 15 is 0 Å². The summed E-state index contributed by atoms with van der Waals surface area (Å²) in [6.07, 6.45) is 1.43. The molecule has 0 spiro atoms. The van der Waals surface area contributed by atoms with Gasteiger partial charge in [0.05, 0.1) is 24.4 Å². The highest BCUT2D eigenvalue weighted by Gasteiger charge is 2.27. The minimum Gasteiger partial charge on any atom is -0.462 e. The summed E-state index contributed by atoms with van der Waals surface area (Å²) < 4.78 is 10.5. The fourth-order valence-electron chi connectivity index (χ4n) is 3.98. The number of carbonyl (C=O) groups is 2. The van der Waals surface area contributed by atoms with Crippen molar-refractivity contribution >= 4 is 17.6 Å². The number of piperidine rings is 1. The van der Waals surface area contributed by atoms with E-state index in [0.29, 0.717) is 42.4 Å². The number of benzene rings is 2. The minimum atomic E-state index is -0.437. The maximum Gasteiger partial charge on any atom is 0.340 e. The molecule has 0 aliphatic carbocycles. The molecule has 0 unspecified atom stereocenters. The Bertz CT molecular complexity index is 1120. The second-order valence-electron chi connectivity index (χ2n) is 8.19. The van der Waals surface area contributed by atoms with Gasteiger partial charge in [0.25, 0.3) is 0 Å². The van der Waals surface area contributed by atoms with Crippen molar-refractivity contribution in [2.45, 2.75) is 33.2 Å². The minimum absolute atomic E-state index is 0.0778. The second kappa shape index (κ2) is 10.4. The number of carbonyl (C=O) groups excluding carboxylic acids is 2. The first-order valence-corrected chi connectivity index (χ1v) is 11.2. The summed E-state index contributed by atoms with van der Waals surface area (Å²) in [5, 5.41) is 7.01. The van der Waals surface area contributed by atoms with Crippen LogP contribution in [0.1, 0.15) is 41.6 Å². The van der Waals surface area contributed by atoms with Crippen LogP contribution < -0.4 is 5.32 Å². The van der Waals surface area contributed by atoms with Crippen molar-refractivity contribution in [3.63, 3.8) is 0 Å². The van der Waals surface area contributed by atoms with Gasteiger partial charge in [-0.05, 0) is 58.0 Å². The van der Waals surface area contributed by atoms with Crippen molar-refractivity contribution in [2.75, 3.05) is 25.0 Å². The van der Waals surface area contributed by atoms with Gasteiger partial charge in [0.2, 0.25) is 17.6 Å². The van der Waals surface area contributed by atoms with E-state index in [0.717, 1.165) is 24.2 Å². The Labute approximate surface area is 192 Å². The van der Waals surface area contributed by atoms with Crippen LogP contribution in [-0.4, -0.2) is 46.6 Å². The number of rotatable bonds is 7. The van der Waals surface area contributed by atoms with Gasteiger partial charge >= 0.3 is 5.97 Å². The molecule has 2 heterocycles. The fraction of sp³-hybridized carbons (Fsp3) is 0.360. The number of amides is 1. The Hall–Kier alpha value is -3.52. The van der Waals surface area contributed by atoms with Crippen molar-refractivity contribution in [1.29, 1.82) is 0 Å². The summed E-state index contributed by atoms with van der Waals surface area (Å²) in [5.74, 6) is 0.516. The zero-order chi connectivity index (χ0) is 23.2. The molecule has 1 amide bonds. The number of nitrogens with zero attached hydrogens (tertiary/aromatic N) is 3. The van der Waals surface area contributed by atoms with Gasteiger partial charge in [-0.25, -0.2) is 4.79 Å². The van der Waals surface area contributed by atoms with Crippen molar-refractivity contribution in [3.8, 4) is 11.4 Å². The average Bonchev–Trinajstić information content (AvgIpc) is 3.28. The molecular weight excluding hydrogens is 420 g/mol. The van der Waals surface area contributed by atoms with Crippen molar-refractivity contribution in [3.05, 3.63) is 65.5 Å². The lowest BCUT2D eigenvalue weighted by Gasteiger charge is -2.30. The summed E-state index contributed by atoms with van der Waals surface area (Å²) in [7, 11) is 0. The first kappa shape index (κ1) is 22.7. The molecule has 0 atom stereocenters. The fourth-order valence-corrected chi connectivity index (χ4v) is 3.98. The van der Waals surface area contributed by atoms with E-state index in [-0.39, 0.29) is 18.4 Å². The number of aromatic nitrogens is 2. The molecule has 1 aliphatic heterocycles. The van der Waals surface area contributed by atoms with Crippen molar-refractivity contribution in [2.24, 2.45) is 5.92 Å². The van der Waals surface area contributed by atoms with Gasteiger partial charge in [0, 0.05) is 11.5 Å². The van der Waals surface area contributed by atoms with Crippen LogP contribution in [0.25, 0.3) is 11.4 Å². The highest BCUT2D eigenvalue weighted by atomic mass is 16.5. The summed E-state index contributed by atoms with van der Waals surface area (Å²) in [6.45, 7) is 6.12. The Balaban J connectivity index is 1.31. The summed E-state index contributed by atoms with van der Waals surface area (Å²) >= 11 is 0. The highest BCUT2D eigenvalue weighted by molar-refractivity contribution is 6.01. The van der Waals surface area contributed by atoms with Gasteiger partial charge < -0.3 is 14.6 Å². The van der Waals surface area contributed by atoms with E-state index in [1.807, 2.05) is 31.2 Å². The standard InChI is InChI=1S/C25H28N4O4/c1-3-32-25(31)20-9-4-5-10-21(20)26-24(30)18-11-13-29(14-12-18)16-22-27-23(28-33-22)19-8-6-7-17(2)15-19/h4-10,15,18H,3,11-14,16H2,1-2H3,(H,26,30). The maximum absolute atomic E-state index is 12.8. The van der Waals surface area contributed by atoms with Gasteiger partial charge in [-0.2, -0.15) is 4.98 Å². The Kier molecular flexibility index (Phi) is 7.14. The predicted molar refractivity (Wildman–Crippen MR) is 124 cm³/mol. The number of likely N-dealkylation sites (tertiary alicyclic amines) is 1. The predicted octanol–water partition coefficient (Wildman–Crippen LogP) is 4.07. The number of esters is 1. The van der Waals surface area contributed by atoms with Crippen LogP contribution in [0.3, 0.4) is 0 Å². The van der Waals surface area contributed by atoms with Gasteiger partial charge in [0.15, 0.2) is 0 Å². The van der Waals surface area contributed by atoms with E-state index in [4.69, 9.17) is 9.26 Å². The smallest absolute Gasteiger partial charge is 0.340 e. The van der Waals surface area contributed by atoms with Crippen molar-refractivity contribution in [1.82, 2.24) is 15.0 Å². The number of anilines is 1. The first-order chi connectivity index (χ1) is 16.0. The maximum atomic E-state index is 12.8. The molecule has 1 saturated heterocycles. The Morgan fingerprint density at radius 1 is 1.15 bits per heavy atom. The number of aryl methyl sites for hydroxylation is 1. The van der Waals surface area contributed by atoms with E-state index < -0.39 is 5.97 Å². The van der Waals surface area contributed by atoms with Crippen LogP contribution in [-0.2, 0) is 16.1 Å². The lowest BCUT2D eigenvalue weighted by atomic mass is 9.95. The van der Waals surface area contributed by atoms with Crippen LogP contribution in [0, 0.1) is 12.8 Å². The van der Waals surface area contributed by atoms with E-state index in [1.54, 1.807) is 31.2 Å². The summed E-state index contributed by atoms with van der Waals surface area (Å²) in [5.41, 5.74) is 2.93. The van der Waals surface area contributed by atoms with Gasteiger partial charge in [-0.15, -0.1) is 0 Å². The number of nitrogens with one attached hydrogen (secondary N) is 1. The van der Waals surface area contributed by atoms with E-state index in [9.17, 15) is 9.59 Å². The lowest BCUT2D eigenvalue weighted by Crippen LogP contribution is -2.38. The van der Waals surface area contributed by atoms with E-state index in [2.05, 4.69) is 20.4 Å². The Morgan fingerprint density at radius 2 is 1.94 bits per heavy atom. The molecule has 0 saturated carbocycles. The third-order valence-corrected chi connectivity index (χ3v) is 5.74. The molecule has 172 valence electrons. The molecule has 1 aliphatic rings. The molecule has 2 aromatic carbocycles. The van der Waals surface area contributed by atoms with Gasteiger partial charge in [-0.1, -0.05) is 41.1 Å². The number of para-hydroxylation sites is 1. The first-order valence-electron chi connectivity index (χ1n) is 11.2. The largest absolute Gasteiger partial charge is 0.462 e. The lowest BCUT2D eigenvalue weighted by molar-refractivity contribution is -0.121.